The van der Waals surface area contributed by atoms with Crippen LogP contribution < -0.4 is 9.64 Å². The van der Waals surface area contributed by atoms with Crippen LogP contribution in [0.15, 0.2) is 53.0 Å². The van der Waals surface area contributed by atoms with Crippen LogP contribution in [0.2, 0.25) is 0 Å². The van der Waals surface area contributed by atoms with E-state index in [4.69, 9.17) is 9.47 Å². The van der Waals surface area contributed by atoms with Crippen LogP contribution in [0.25, 0.3) is 0 Å². The summed E-state index contributed by atoms with van der Waals surface area (Å²) in [5, 5.41) is 0. The Balaban J connectivity index is 1.78. The van der Waals surface area contributed by atoms with E-state index in [1.165, 1.54) is 0 Å². The number of rotatable bonds is 5. The molecule has 114 valence electrons. The van der Waals surface area contributed by atoms with Gasteiger partial charge < -0.3 is 14.4 Å². The molecule has 1 atom stereocenters. The Hall–Kier alpha value is -1.85. The minimum atomic E-state index is -0.0776. The Labute approximate surface area is 137 Å². The summed E-state index contributed by atoms with van der Waals surface area (Å²) < 4.78 is 11.6. The molecule has 1 unspecified atom stereocenters. The van der Waals surface area contributed by atoms with Gasteiger partial charge in [0.05, 0.1) is 11.1 Å². The van der Waals surface area contributed by atoms with Gasteiger partial charge in [0.2, 0.25) is 0 Å². The molecule has 1 saturated heterocycles. The van der Waals surface area contributed by atoms with E-state index >= 15 is 0 Å². The third kappa shape index (κ3) is 3.48. The lowest BCUT2D eigenvalue weighted by atomic mass is 10.1. The Kier molecular flexibility index (Phi) is 4.45. The fourth-order valence-electron chi connectivity index (χ4n) is 2.06. The third-order valence-electron chi connectivity index (χ3n) is 3.45. The van der Waals surface area contributed by atoms with Crippen LogP contribution in [0.5, 0.6) is 5.75 Å². The van der Waals surface area contributed by atoms with Crippen molar-refractivity contribution in [1.82, 2.24) is 0 Å². The average molecular weight is 362 g/mol. The Bertz CT molecular complexity index is 671. The molecule has 0 radical (unpaired) electrons. The average Bonchev–Trinajstić information content (AvgIpc) is 3.38. The van der Waals surface area contributed by atoms with Gasteiger partial charge in [-0.1, -0.05) is 18.2 Å². The summed E-state index contributed by atoms with van der Waals surface area (Å²) in [7, 11) is 1.76. The fourth-order valence-corrected chi connectivity index (χ4v) is 2.42. The van der Waals surface area contributed by atoms with Gasteiger partial charge in [-0.05, 0) is 46.3 Å². The fraction of sp³-hybridized carbons (Fsp3) is 0.235. The molecule has 4 nitrogen and oxygen atoms in total. The molecular formula is C17H16BrNO3. The monoisotopic (exact) mass is 361 g/mol. The van der Waals surface area contributed by atoms with Gasteiger partial charge in [0.15, 0.2) is 0 Å². The maximum atomic E-state index is 12.6. The van der Waals surface area contributed by atoms with Crippen LogP contribution in [0.1, 0.15) is 10.4 Å². The molecule has 0 aliphatic carbocycles. The molecule has 0 saturated carbocycles. The summed E-state index contributed by atoms with van der Waals surface area (Å²) in [6.07, 6.45) is 0.179. The number of nitrogens with zero attached hydrogens (tertiary/aromatic N) is 1. The van der Waals surface area contributed by atoms with Crippen molar-refractivity contribution in [1.29, 1.82) is 0 Å². The Morgan fingerprint density at radius 1 is 1.32 bits per heavy atom. The maximum Gasteiger partial charge on any atom is 0.258 e. The number of ether oxygens (including phenoxy) is 2. The molecule has 0 spiro atoms. The molecule has 1 heterocycles. The molecule has 1 fully saturated rings. The first-order valence-electron chi connectivity index (χ1n) is 7.02. The SMILES string of the molecule is CN(C(=O)c1ccc(Br)c(OCC2CO2)c1)c1ccccc1. The van der Waals surface area contributed by atoms with Crippen molar-refractivity contribution in [2.24, 2.45) is 0 Å². The summed E-state index contributed by atoms with van der Waals surface area (Å²) in [6.45, 7) is 1.25. The molecular weight excluding hydrogens is 346 g/mol. The Morgan fingerprint density at radius 2 is 2.05 bits per heavy atom. The van der Waals surface area contributed by atoms with Crippen molar-refractivity contribution in [3.05, 3.63) is 58.6 Å². The van der Waals surface area contributed by atoms with E-state index in [0.717, 1.165) is 16.8 Å². The highest BCUT2D eigenvalue weighted by atomic mass is 79.9. The zero-order valence-corrected chi connectivity index (χ0v) is 13.7. The van der Waals surface area contributed by atoms with Crippen LogP contribution in [0, 0.1) is 0 Å². The van der Waals surface area contributed by atoms with Gasteiger partial charge in [-0.15, -0.1) is 0 Å². The van der Waals surface area contributed by atoms with Gasteiger partial charge in [0.25, 0.3) is 5.91 Å². The molecule has 1 aliphatic heterocycles. The van der Waals surface area contributed by atoms with Crippen LogP contribution in [0.3, 0.4) is 0 Å². The molecule has 0 aromatic heterocycles. The molecule has 0 N–H and O–H groups in total. The van der Waals surface area contributed by atoms with Crippen molar-refractivity contribution in [3.8, 4) is 5.75 Å². The molecule has 3 rings (SSSR count). The predicted octanol–water partition coefficient (Wildman–Crippen LogP) is 3.50. The molecule has 1 aliphatic rings. The van der Waals surface area contributed by atoms with E-state index in [-0.39, 0.29) is 12.0 Å². The van der Waals surface area contributed by atoms with Gasteiger partial charge in [0, 0.05) is 18.3 Å². The van der Waals surface area contributed by atoms with Gasteiger partial charge in [-0.3, -0.25) is 4.79 Å². The summed E-state index contributed by atoms with van der Waals surface area (Å²) in [6, 6.07) is 14.9. The second kappa shape index (κ2) is 6.50. The summed E-state index contributed by atoms with van der Waals surface area (Å²) in [5.74, 6) is 0.578. The smallest absolute Gasteiger partial charge is 0.258 e. The highest BCUT2D eigenvalue weighted by Gasteiger charge is 2.24. The lowest BCUT2D eigenvalue weighted by Gasteiger charge is -2.18. The lowest BCUT2D eigenvalue weighted by Crippen LogP contribution is -2.26. The van der Waals surface area contributed by atoms with E-state index < -0.39 is 0 Å². The van der Waals surface area contributed by atoms with Crippen molar-refractivity contribution in [2.45, 2.75) is 6.10 Å². The second-order valence-corrected chi connectivity index (χ2v) is 5.97. The highest BCUT2D eigenvalue weighted by molar-refractivity contribution is 9.10. The lowest BCUT2D eigenvalue weighted by molar-refractivity contribution is 0.0992. The van der Waals surface area contributed by atoms with E-state index in [9.17, 15) is 4.79 Å². The quantitative estimate of drug-likeness (QED) is 0.765. The molecule has 0 bridgehead atoms. The van der Waals surface area contributed by atoms with Gasteiger partial charge >= 0.3 is 0 Å². The molecule has 5 heteroatoms. The van der Waals surface area contributed by atoms with Crippen molar-refractivity contribution >= 4 is 27.5 Å². The summed E-state index contributed by atoms with van der Waals surface area (Å²) >= 11 is 3.44. The highest BCUT2D eigenvalue weighted by Crippen LogP contribution is 2.28. The zero-order chi connectivity index (χ0) is 15.5. The first-order valence-corrected chi connectivity index (χ1v) is 7.81. The van der Waals surface area contributed by atoms with Crippen LogP contribution >= 0.6 is 15.9 Å². The number of hydrogen-bond donors (Lipinski definition) is 0. The number of hydrogen-bond acceptors (Lipinski definition) is 3. The predicted molar refractivity (Wildman–Crippen MR) is 88.6 cm³/mol. The normalized spacial score (nSPS) is 16.2. The molecule has 2 aromatic carbocycles. The van der Waals surface area contributed by atoms with Crippen LogP contribution in [0.4, 0.5) is 5.69 Å². The molecule has 22 heavy (non-hydrogen) atoms. The standard InChI is InChI=1S/C17H16BrNO3/c1-19(13-5-3-2-4-6-13)17(20)12-7-8-15(18)16(9-12)22-11-14-10-21-14/h2-9,14H,10-11H2,1H3. The first kappa shape index (κ1) is 15.1. The summed E-state index contributed by atoms with van der Waals surface area (Å²) in [4.78, 5) is 14.2. The van der Waals surface area contributed by atoms with Crippen molar-refractivity contribution < 1.29 is 14.3 Å². The van der Waals surface area contributed by atoms with E-state index in [0.29, 0.717) is 17.9 Å². The van der Waals surface area contributed by atoms with Crippen LogP contribution in [-0.2, 0) is 4.74 Å². The summed E-state index contributed by atoms with van der Waals surface area (Å²) in [5.41, 5.74) is 1.44. The third-order valence-corrected chi connectivity index (χ3v) is 4.11. The number of benzene rings is 2. The largest absolute Gasteiger partial charge is 0.490 e. The van der Waals surface area contributed by atoms with Gasteiger partial charge in [-0.2, -0.15) is 0 Å². The van der Waals surface area contributed by atoms with Gasteiger partial charge in [-0.25, -0.2) is 0 Å². The topological polar surface area (TPSA) is 42.1 Å². The van der Waals surface area contributed by atoms with E-state index in [1.54, 1.807) is 24.1 Å². The van der Waals surface area contributed by atoms with E-state index in [2.05, 4.69) is 15.9 Å². The molecule has 2 aromatic rings. The number of para-hydroxylation sites is 1. The maximum absolute atomic E-state index is 12.6. The number of anilines is 1. The number of amides is 1. The number of epoxide rings is 1. The first-order chi connectivity index (χ1) is 10.6. The zero-order valence-electron chi connectivity index (χ0n) is 12.2. The van der Waals surface area contributed by atoms with E-state index in [1.807, 2.05) is 36.4 Å². The minimum Gasteiger partial charge on any atom is -0.490 e. The molecule has 1 amide bonds. The van der Waals surface area contributed by atoms with Gasteiger partial charge in [0.1, 0.15) is 18.5 Å². The van der Waals surface area contributed by atoms with Crippen molar-refractivity contribution in [3.63, 3.8) is 0 Å². The number of carbonyl (C=O) groups excluding carboxylic acids is 1. The minimum absolute atomic E-state index is 0.0776. The number of halogens is 1. The number of carbonyl (C=O) groups is 1. The Morgan fingerprint density at radius 3 is 2.73 bits per heavy atom. The van der Waals surface area contributed by atoms with Crippen LogP contribution in [-0.4, -0.2) is 32.3 Å². The van der Waals surface area contributed by atoms with Crippen molar-refractivity contribution in [2.75, 3.05) is 25.2 Å². The second-order valence-electron chi connectivity index (χ2n) is 5.11.